The summed E-state index contributed by atoms with van der Waals surface area (Å²) in [5, 5.41) is 18.7. The van der Waals surface area contributed by atoms with Crippen molar-refractivity contribution in [1.29, 1.82) is 0 Å². The molecule has 2 aromatic heterocycles. The van der Waals surface area contributed by atoms with Gasteiger partial charge in [-0.25, -0.2) is 14.5 Å². The summed E-state index contributed by atoms with van der Waals surface area (Å²) in [7, 11) is 3.07. The molecular weight excluding hydrogens is 502 g/mol. The van der Waals surface area contributed by atoms with E-state index >= 15 is 0 Å². The number of hydrogen-bond donors (Lipinski definition) is 2. The van der Waals surface area contributed by atoms with Crippen molar-refractivity contribution in [2.75, 3.05) is 32.6 Å². The normalized spacial score (nSPS) is 21.4. The van der Waals surface area contributed by atoms with E-state index in [1.54, 1.807) is 13.3 Å². The number of nitrogens with one attached hydrogen (secondary N) is 1. The van der Waals surface area contributed by atoms with Crippen LogP contribution in [0, 0.1) is 5.92 Å². The third kappa shape index (κ3) is 6.02. The molecule has 3 heterocycles. The zero-order valence-corrected chi connectivity index (χ0v) is 22.3. The quantitative estimate of drug-likeness (QED) is 0.407. The van der Waals surface area contributed by atoms with Crippen LogP contribution in [-0.2, 0) is 16.1 Å². The fourth-order valence-corrected chi connectivity index (χ4v) is 5.51. The van der Waals surface area contributed by atoms with Crippen LogP contribution in [0.5, 0.6) is 11.5 Å². The van der Waals surface area contributed by atoms with Crippen molar-refractivity contribution in [1.82, 2.24) is 19.7 Å². The largest absolute Gasteiger partial charge is 0.497 e. The molecule has 208 valence electrons. The van der Waals surface area contributed by atoms with Gasteiger partial charge >= 0.3 is 12.1 Å². The minimum absolute atomic E-state index is 0.0357. The van der Waals surface area contributed by atoms with Crippen LogP contribution in [0.25, 0.3) is 11.0 Å². The molecule has 0 bridgehead atoms. The van der Waals surface area contributed by atoms with E-state index in [-0.39, 0.29) is 24.0 Å². The number of ether oxygens (including phenoxy) is 3. The Bertz CT molecular complexity index is 1300. The Morgan fingerprint density at radius 3 is 2.54 bits per heavy atom. The molecule has 11 nitrogen and oxygen atoms in total. The van der Waals surface area contributed by atoms with Crippen LogP contribution in [-0.4, -0.2) is 76.3 Å². The van der Waals surface area contributed by atoms with Crippen LogP contribution < -0.4 is 14.8 Å². The fourth-order valence-electron chi connectivity index (χ4n) is 5.51. The molecule has 1 saturated carbocycles. The van der Waals surface area contributed by atoms with Crippen molar-refractivity contribution in [3.05, 3.63) is 42.1 Å². The molecule has 2 N–H and O–H groups in total. The molecule has 39 heavy (non-hydrogen) atoms. The summed E-state index contributed by atoms with van der Waals surface area (Å²) in [6.45, 7) is 1.41. The smallest absolute Gasteiger partial charge is 0.407 e. The van der Waals surface area contributed by atoms with Gasteiger partial charge in [-0.1, -0.05) is 12.1 Å². The lowest BCUT2D eigenvalue weighted by Gasteiger charge is -2.31. The SMILES string of the molecule is COc1ccc(Cn2nc(N[C@@H]3CCCN(C(=O)O)C3)c3c(O[C@H]4CC[C@H](C(=O)OC)CC4)ccnc32)cc1. The van der Waals surface area contributed by atoms with Crippen LogP contribution in [0.3, 0.4) is 0 Å². The monoisotopic (exact) mass is 537 g/mol. The van der Waals surface area contributed by atoms with Gasteiger partial charge in [0.25, 0.3) is 0 Å². The van der Waals surface area contributed by atoms with Crippen molar-refractivity contribution in [2.45, 2.75) is 57.2 Å². The third-order valence-electron chi connectivity index (χ3n) is 7.62. The molecule has 0 radical (unpaired) electrons. The van der Waals surface area contributed by atoms with Crippen molar-refractivity contribution in [2.24, 2.45) is 5.92 Å². The number of fused-ring (bicyclic) bond motifs is 1. The minimum atomic E-state index is -0.912. The van der Waals surface area contributed by atoms with Crippen molar-refractivity contribution in [3.63, 3.8) is 0 Å². The molecule has 5 rings (SSSR count). The van der Waals surface area contributed by atoms with Gasteiger partial charge in [0.15, 0.2) is 11.5 Å². The van der Waals surface area contributed by atoms with Crippen molar-refractivity contribution >= 4 is 28.9 Å². The number of carboxylic acid groups (broad SMARTS) is 1. The summed E-state index contributed by atoms with van der Waals surface area (Å²) in [6, 6.07) is 9.58. The van der Waals surface area contributed by atoms with Crippen LogP contribution in [0.1, 0.15) is 44.1 Å². The van der Waals surface area contributed by atoms with Gasteiger partial charge in [0, 0.05) is 25.3 Å². The van der Waals surface area contributed by atoms with Gasteiger partial charge in [-0.15, -0.1) is 0 Å². The van der Waals surface area contributed by atoms with E-state index in [0.29, 0.717) is 36.8 Å². The number of carbonyl (C=O) groups excluding carboxylic acids is 1. The molecule has 1 aliphatic carbocycles. The second-order valence-electron chi connectivity index (χ2n) is 10.2. The molecule has 2 fully saturated rings. The summed E-state index contributed by atoms with van der Waals surface area (Å²) in [5.41, 5.74) is 1.72. The maximum Gasteiger partial charge on any atom is 0.407 e. The second kappa shape index (κ2) is 11.8. The first kappa shape index (κ1) is 26.6. The highest BCUT2D eigenvalue weighted by Gasteiger charge is 2.30. The molecule has 1 amide bonds. The first-order valence-corrected chi connectivity index (χ1v) is 13.4. The van der Waals surface area contributed by atoms with Crippen molar-refractivity contribution < 1.29 is 28.9 Å². The number of carbonyl (C=O) groups is 2. The minimum Gasteiger partial charge on any atom is -0.497 e. The molecule has 3 aromatic rings. The van der Waals surface area contributed by atoms with Gasteiger partial charge in [0.05, 0.1) is 32.8 Å². The molecule has 1 atom stereocenters. The topological polar surface area (TPSA) is 128 Å². The first-order valence-electron chi connectivity index (χ1n) is 13.4. The van der Waals surface area contributed by atoms with E-state index in [2.05, 4.69) is 10.3 Å². The van der Waals surface area contributed by atoms with E-state index < -0.39 is 6.09 Å². The zero-order chi connectivity index (χ0) is 27.4. The number of benzene rings is 1. The van der Waals surface area contributed by atoms with E-state index in [1.807, 2.05) is 35.0 Å². The van der Waals surface area contributed by atoms with Crippen LogP contribution >= 0.6 is 0 Å². The van der Waals surface area contributed by atoms with Crippen LogP contribution in [0.4, 0.5) is 10.6 Å². The second-order valence-corrected chi connectivity index (χ2v) is 10.2. The van der Waals surface area contributed by atoms with E-state index in [4.69, 9.17) is 19.3 Å². The highest BCUT2D eigenvalue weighted by Crippen LogP contribution is 2.36. The predicted molar refractivity (Wildman–Crippen MR) is 144 cm³/mol. The highest BCUT2D eigenvalue weighted by molar-refractivity contribution is 5.93. The Labute approximate surface area is 227 Å². The highest BCUT2D eigenvalue weighted by atomic mass is 16.5. The number of amides is 1. The molecule has 1 saturated heterocycles. The number of nitrogens with zero attached hydrogens (tertiary/aromatic N) is 4. The third-order valence-corrected chi connectivity index (χ3v) is 7.62. The van der Waals surface area contributed by atoms with E-state index in [1.165, 1.54) is 12.0 Å². The number of piperidine rings is 1. The van der Waals surface area contributed by atoms with Gasteiger partial charge in [0.1, 0.15) is 16.9 Å². The van der Waals surface area contributed by atoms with Crippen LogP contribution in [0.15, 0.2) is 36.5 Å². The van der Waals surface area contributed by atoms with Gasteiger partial charge < -0.3 is 29.5 Å². The summed E-state index contributed by atoms with van der Waals surface area (Å²) < 4.78 is 18.6. The molecule has 0 spiro atoms. The Morgan fingerprint density at radius 2 is 1.85 bits per heavy atom. The number of rotatable bonds is 8. The van der Waals surface area contributed by atoms with E-state index in [9.17, 15) is 14.7 Å². The Hall–Kier alpha value is -4.02. The number of pyridine rings is 1. The lowest BCUT2D eigenvalue weighted by atomic mass is 9.87. The zero-order valence-electron chi connectivity index (χ0n) is 22.3. The number of anilines is 1. The van der Waals surface area contributed by atoms with Gasteiger partial charge in [-0.3, -0.25) is 4.79 Å². The molecule has 1 aliphatic heterocycles. The summed E-state index contributed by atoms with van der Waals surface area (Å²) >= 11 is 0. The van der Waals surface area contributed by atoms with Crippen LogP contribution in [0.2, 0.25) is 0 Å². The summed E-state index contributed by atoms with van der Waals surface area (Å²) in [5.74, 6) is 1.84. The van der Waals surface area contributed by atoms with Crippen molar-refractivity contribution in [3.8, 4) is 11.5 Å². The number of likely N-dealkylation sites (tertiary alicyclic amines) is 1. The maximum atomic E-state index is 12.0. The lowest BCUT2D eigenvalue weighted by Crippen LogP contribution is -2.44. The molecule has 11 heteroatoms. The lowest BCUT2D eigenvalue weighted by molar-refractivity contribution is -0.147. The van der Waals surface area contributed by atoms with E-state index in [0.717, 1.165) is 55.2 Å². The standard InChI is InChI=1S/C28H35N5O6/c1-37-21-9-5-18(6-10-21)16-33-26-24(25(31-33)30-20-4-3-15-32(17-20)28(35)36)23(13-14-29-26)39-22-11-7-19(8-12-22)27(34)38-2/h5-6,9-10,13-14,19-20,22H,3-4,7-8,11-12,15-17H2,1-2H3,(H,30,31)(H,35,36)/t19-,20-,22-/m1/s1. The molecular formula is C28H35N5O6. The number of esters is 1. The maximum absolute atomic E-state index is 12.0. The van der Waals surface area contributed by atoms with Gasteiger partial charge in [-0.2, -0.15) is 5.10 Å². The van der Waals surface area contributed by atoms with Gasteiger partial charge in [-0.05, 0) is 62.3 Å². The average Bonchev–Trinajstić information content (AvgIpc) is 3.31. The molecule has 0 unspecified atom stereocenters. The Morgan fingerprint density at radius 1 is 1.08 bits per heavy atom. The molecule has 2 aliphatic rings. The summed E-state index contributed by atoms with van der Waals surface area (Å²) in [4.78, 5) is 29.6. The number of aromatic nitrogens is 3. The predicted octanol–water partition coefficient (Wildman–Crippen LogP) is 4.15. The molecule has 1 aromatic carbocycles. The fraction of sp³-hybridized carbons (Fsp3) is 0.500. The Balaban J connectivity index is 1.43. The first-order chi connectivity index (χ1) is 18.9. The van der Waals surface area contributed by atoms with Gasteiger partial charge in [0.2, 0.25) is 0 Å². The Kier molecular flexibility index (Phi) is 8.04. The summed E-state index contributed by atoms with van der Waals surface area (Å²) in [6.07, 6.45) is 5.34. The average molecular weight is 538 g/mol. The number of hydrogen-bond acceptors (Lipinski definition) is 8. The number of methoxy groups -OCH3 is 2.